The molecular formula is C18H21NO4S. The van der Waals surface area contributed by atoms with E-state index in [-0.39, 0.29) is 11.8 Å². The molecule has 0 aliphatic carbocycles. The van der Waals surface area contributed by atoms with Crippen LogP contribution in [0.2, 0.25) is 0 Å². The summed E-state index contributed by atoms with van der Waals surface area (Å²) >= 11 is 0. The molecule has 0 spiro atoms. The number of sulfonamides is 1. The van der Waals surface area contributed by atoms with Crippen molar-refractivity contribution in [2.24, 2.45) is 0 Å². The average Bonchev–Trinajstić information content (AvgIpc) is 2.55. The summed E-state index contributed by atoms with van der Waals surface area (Å²) in [5.74, 6) is -0.584. The molecule has 0 fully saturated rings. The molecule has 0 heterocycles. The lowest BCUT2D eigenvalue weighted by Crippen LogP contribution is -2.37. The van der Waals surface area contributed by atoms with Crippen LogP contribution >= 0.6 is 0 Å². The summed E-state index contributed by atoms with van der Waals surface area (Å²) in [7, 11) is -2.24. The van der Waals surface area contributed by atoms with E-state index < -0.39 is 16.0 Å². The number of methoxy groups -OCH3 is 1. The van der Waals surface area contributed by atoms with Gasteiger partial charge in [-0.2, -0.15) is 0 Å². The Bertz CT molecular complexity index is 784. The lowest BCUT2D eigenvalue weighted by molar-refractivity contribution is 0.0600. The van der Waals surface area contributed by atoms with Crippen LogP contribution in [0.1, 0.15) is 29.8 Å². The zero-order chi connectivity index (χ0) is 17.7. The first-order chi connectivity index (χ1) is 11.3. The van der Waals surface area contributed by atoms with E-state index >= 15 is 0 Å². The highest BCUT2D eigenvalue weighted by Gasteiger charge is 2.25. The van der Waals surface area contributed by atoms with E-state index in [1.165, 1.54) is 11.4 Å². The Morgan fingerprint density at radius 3 is 2.12 bits per heavy atom. The van der Waals surface area contributed by atoms with Gasteiger partial charge in [-0.25, -0.2) is 13.2 Å². The highest BCUT2D eigenvalue weighted by atomic mass is 32.2. The van der Waals surface area contributed by atoms with Crippen molar-refractivity contribution in [2.75, 3.05) is 11.4 Å². The van der Waals surface area contributed by atoms with Crippen LogP contribution in [0.25, 0.3) is 0 Å². The third-order valence-electron chi connectivity index (χ3n) is 3.50. The van der Waals surface area contributed by atoms with E-state index in [2.05, 4.69) is 4.74 Å². The summed E-state index contributed by atoms with van der Waals surface area (Å²) in [6.07, 6.45) is 0. The normalized spacial score (nSPS) is 11.3. The van der Waals surface area contributed by atoms with Crippen molar-refractivity contribution >= 4 is 21.7 Å². The second-order valence-corrected chi connectivity index (χ2v) is 7.52. The molecule has 0 aliphatic rings. The summed E-state index contributed by atoms with van der Waals surface area (Å²) in [5, 5.41) is 0. The van der Waals surface area contributed by atoms with Crippen LogP contribution in [0.5, 0.6) is 0 Å². The fraction of sp³-hybridized carbons (Fsp3) is 0.278. The van der Waals surface area contributed by atoms with Crippen molar-refractivity contribution in [3.05, 3.63) is 65.7 Å². The summed E-state index contributed by atoms with van der Waals surface area (Å²) in [6, 6.07) is 15.2. The molecule has 0 atom stereocenters. The van der Waals surface area contributed by atoms with Gasteiger partial charge < -0.3 is 4.74 Å². The van der Waals surface area contributed by atoms with Crippen LogP contribution in [-0.4, -0.2) is 27.5 Å². The van der Waals surface area contributed by atoms with Gasteiger partial charge in [0.2, 0.25) is 10.0 Å². The SMILES string of the molecule is COC(=O)c1ccc(CS(=O)(=O)N(c2ccccc2)C(C)C)cc1. The second kappa shape index (κ2) is 7.49. The Kier molecular flexibility index (Phi) is 5.62. The number of esters is 1. The maximum absolute atomic E-state index is 12.9. The fourth-order valence-electron chi connectivity index (χ4n) is 2.49. The van der Waals surface area contributed by atoms with Gasteiger partial charge >= 0.3 is 5.97 Å². The third-order valence-corrected chi connectivity index (χ3v) is 5.43. The molecule has 2 rings (SSSR count). The van der Waals surface area contributed by atoms with E-state index in [0.717, 1.165) is 0 Å². The number of hydrogen-bond donors (Lipinski definition) is 0. The molecule has 0 aromatic heterocycles. The molecule has 2 aromatic rings. The first-order valence-electron chi connectivity index (χ1n) is 7.59. The van der Waals surface area contributed by atoms with Crippen molar-refractivity contribution < 1.29 is 17.9 Å². The van der Waals surface area contributed by atoms with Gasteiger partial charge in [-0.05, 0) is 43.7 Å². The monoisotopic (exact) mass is 347 g/mol. The van der Waals surface area contributed by atoms with E-state index in [1.54, 1.807) is 36.4 Å². The zero-order valence-corrected chi connectivity index (χ0v) is 14.8. The lowest BCUT2D eigenvalue weighted by Gasteiger charge is -2.28. The molecular weight excluding hydrogens is 326 g/mol. The van der Waals surface area contributed by atoms with Crippen molar-refractivity contribution in [2.45, 2.75) is 25.6 Å². The predicted octanol–water partition coefficient (Wildman–Crippen LogP) is 3.22. The van der Waals surface area contributed by atoms with Gasteiger partial charge in [-0.3, -0.25) is 4.31 Å². The number of ether oxygens (including phenoxy) is 1. The maximum atomic E-state index is 12.9. The van der Waals surface area contributed by atoms with E-state index in [1.807, 2.05) is 32.0 Å². The number of anilines is 1. The Labute approximate surface area is 142 Å². The van der Waals surface area contributed by atoms with Crippen LogP contribution in [0.4, 0.5) is 5.69 Å². The van der Waals surface area contributed by atoms with E-state index in [4.69, 9.17) is 0 Å². The molecule has 5 nitrogen and oxygen atoms in total. The second-order valence-electron chi connectivity index (χ2n) is 5.67. The number of para-hydroxylation sites is 1. The van der Waals surface area contributed by atoms with Gasteiger partial charge in [0.25, 0.3) is 0 Å². The van der Waals surface area contributed by atoms with Crippen molar-refractivity contribution in [1.29, 1.82) is 0 Å². The van der Waals surface area contributed by atoms with Crippen molar-refractivity contribution in [3.8, 4) is 0 Å². The average molecular weight is 347 g/mol. The van der Waals surface area contributed by atoms with E-state index in [0.29, 0.717) is 16.8 Å². The number of nitrogens with zero attached hydrogens (tertiary/aromatic N) is 1. The predicted molar refractivity (Wildman–Crippen MR) is 94.5 cm³/mol. The van der Waals surface area contributed by atoms with Crippen molar-refractivity contribution in [3.63, 3.8) is 0 Å². The molecule has 0 aliphatic heterocycles. The Balaban J connectivity index is 2.27. The molecule has 0 amide bonds. The lowest BCUT2D eigenvalue weighted by atomic mass is 10.1. The van der Waals surface area contributed by atoms with Crippen LogP contribution in [-0.2, 0) is 20.5 Å². The Morgan fingerprint density at radius 1 is 1.04 bits per heavy atom. The number of rotatable bonds is 6. The van der Waals surface area contributed by atoms with Gasteiger partial charge in [0.1, 0.15) is 0 Å². The summed E-state index contributed by atoms with van der Waals surface area (Å²) in [5.41, 5.74) is 1.64. The largest absolute Gasteiger partial charge is 0.465 e. The quantitative estimate of drug-likeness (QED) is 0.753. The molecule has 0 radical (unpaired) electrons. The molecule has 0 saturated heterocycles. The molecule has 0 saturated carbocycles. The minimum Gasteiger partial charge on any atom is -0.465 e. The molecule has 0 unspecified atom stereocenters. The molecule has 0 bridgehead atoms. The molecule has 24 heavy (non-hydrogen) atoms. The summed E-state index contributed by atoms with van der Waals surface area (Å²) < 4.78 is 31.8. The minimum absolute atomic E-state index is 0.137. The van der Waals surface area contributed by atoms with Gasteiger partial charge in [0.15, 0.2) is 0 Å². The van der Waals surface area contributed by atoms with Crippen LogP contribution in [0.15, 0.2) is 54.6 Å². The molecule has 0 N–H and O–H groups in total. The van der Waals surface area contributed by atoms with Gasteiger partial charge in [0.05, 0.1) is 24.1 Å². The molecule has 128 valence electrons. The number of carbonyl (C=O) groups excluding carboxylic acids is 1. The fourth-order valence-corrected chi connectivity index (χ4v) is 4.33. The summed E-state index contributed by atoms with van der Waals surface area (Å²) in [6.45, 7) is 3.68. The highest BCUT2D eigenvalue weighted by Crippen LogP contribution is 2.23. The first-order valence-corrected chi connectivity index (χ1v) is 9.20. The summed E-state index contributed by atoms with van der Waals surface area (Å²) in [4.78, 5) is 11.4. The number of carbonyl (C=O) groups is 1. The third kappa shape index (κ3) is 4.14. The van der Waals surface area contributed by atoms with Gasteiger partial charge in [0, 0.05) is 6.04 Å². The maximum Gasteiger partial charge on any atom is 0.337 e. The highest BCUT2D eigenvalue weighted by molar-refractivity contribution is 7.92. The molecule has 2 aromatic carbocycles. The standard InChI is InChI=1S/C18H21NO4S/c1-14(2)19(17-7-5-4-6-8-17)24(21,22)13-15-9-11-16(12-10-15)18(20)23-3/h4-12,14H,13H2,1-3H3. The Morgan fingerprint density at radius 2 is 1.62 bits per heavy atom. The molecule has 6 heteroatoms. The van der Waals surface area contributed by atoms with Crippen LogP contribution in [0, 0.1) is 0 Å². The van der Waals surface area contributed by atoms with Gasteiger partial charge in [-0.15, -0.1) is 0 Å². The van der Waals surface area contributed by atoms with Crippen molar-refractivity contribution in [1.82, 2.24) is 0 Å². The first kappa shape index (κ1) is 18.0. The zero-order valence-electron chi connectivity index (χ0n) is 14.0. The smallest absolute Gasteiger partial charge is 0.337 e. The Hall–Kier alpha value is -2.34. The van der Waals surface area contributed by atoms with Crippen LogP contribution < -0.4 is 4.31 Å². The number of hydrogen-bond acceptors (Lipinski definition) is 4. The van der Waals surface area contributed by atoms with Crippen LogP contribution in [0.3, 0.4) is 0 Å². The van der Waals surface area contributed by atoms with E-state index in [9.17, 15) is 13.2 Å². The topological polar surface area (TPSA) is 63.7 Å². The van der Waals surface area contributed by atoms with Gasteiger partial charge in [-0.1, -0.05) is 30.3 Å². The minimum atomic E-state index is -3.55. The number of benzene rings is 2.